The van der Waals surface area contributed by atoms with Crippen LogP contribution < -0.4 is 22.0 Å². The molecule has 0 aliphatic rings. The molecule has 3 aromatic heterocycles. The Bertz CT molecular complexity index is 1920. The van der Waals surface area contributed by atoms with Crippen molar-refractivity contribution in [3.8, 4) is 16.3 Å². The highest BCUT2D eigenvalue weighted by molar-refractivity contribution is 7.22. The summed E-state index contributed by atoms with van der Waals surface area (Å²) in [5.41, 5.74) is 2.04. The first-order valence-electron chi connectivity index (χ1n) is 12.7. The fraction of sp³-hybridized carbons (Fsp3) is 0.179. The molecule has 0 saturated heterocycles. The van der Waals surface area contributed by atoms with Crippen LogP contribution in [0.15, 0.2) is 64.2 Å². The number of carbonyl (C=O) groups excluding carboxylic acids is 1. The molecular weight excluding hydrogens is 604 g/mol. The van der Waals surface area contributed by atoms with Crippen LogP contribution in [-0.2, 0) is 17.9 Å². The van der Waals surface area contributed by atoms with Crippen molar-refractivity contribution < 1.29 is 18.4 Å². The Hall–Kier alpha value is -4.50. The highest BCUT2D eigenvalue weighted by Crippen LogP contribution is 2.38. The second kappa shape index (κ2) is 12.4. The van der Waals surface area contributed by atoms with E-state index < -0.39 is 35.5 Å². The second-order valence-electron chi connectivity index (χ2n) is 9.59. The first kappa shape index (κ1) is 30.0. The smallest absolute Gasteiger partial charge is 0.306 e. The number of hydroxylamine groups is 1. The summed E-state index contributed by atoms with van der Waals surface area (Å²) in [5.74, 6) is -1.78. The molecule has 15 heteroatoms. The predicted molar refractivity (Wildman–Crippen MR) is 160 cm³/mol. The number of halogens is 3. The van der Waals surface area contributed by atoms with Crippen molar-refractivity contribution in [1.82, 2.24) is 29.7 Å². The SMILES string of the molecule is CONC(=O)Nc1ccc(-c2sc3c(c2CN(C)C)c(=O)n(-c2ccc(Cl)nn2)c(=O)n3Cc2c(F)cccc2F)cc1. The van der Waals surface area contributed by atoms with Gasteiger partial charge in [-0.15, -0.1) is 21.5 Å². The molecule has 2 N–H and O–H groups in total. The fourth-order valence-corrected chi connectivity index (χ4v) is 5.94. The van der Waals surface area contributed by atoms with Gasteiger partial charge in [-0.3, -0.25) is 14.2 Å². The molecule has 0 radical (unpaired) electrons. The Kier molecular flexibility index (Phi) is 8.64. The van der Waals surface area contributed by atoms with Crippen LogP contribution in [0.3, 0.4) is 0 Å². The maximum Gasteiger partial charge on any atom is 0.343 e. The van der Waals surface area contributed by atoms with Crippen LogP contribution in [0.5, 0.6) is 0 Å². The van der Waals surface area contributed by atoms with E-state index in [4.69, 9.17) is 11.6 Å². The van der Waals surface area contributed by atoms with E-state index in [0.29, 0.717) is 28.2 Å². The number of anilines is 1. The molecule has 0 aliphatic carbocycles. The molecule has 0 saturated carbocycles. The maximum absolute atomic E-state index is 14.8. The number of nitrogens with one attached hydrogen (secondary N) is 2. The number of urea groups is 1. The van der Waals surface area contributed by atoms with Gasteiger partial charge in [0.25, 0.3) is 5.56 Å². The van der Waals surface area contributed by atoms with Gasteiger partial charge in [0, 0.05) is 22.7 Å². The minimum absolute atomic E-state index is 0.0513. The van der Waals surface area contributed by atoms with Crippen molar-refractivity contribution in [3.05, 3.63) is 103 Å². The van der Waals surface area contributed by atoms with E-state index in [2.05, 4.69) is 25.8 Å². The summed E-state index contributed by atoms with van der Waals surface area (Å²) in [7, 11) is 4.95. The zero-order chi connectivity index (χ0) is 30.8. The maximum atomic E-state index is 14.8. The van der Waals surface area contributed by atoms with Crippen molar-refractivity contribution >= 4 is 44.9 Å². The van der Waals surface area contributed by atoms with Crippen molar-refractivity contribution in [1.29, 1.82) is 0 Å². The normalized spacial score (nSPS) is 11.3. The van der Waals surface area contributed by atoms with Gasteiger partial charge in [-0.2, -0.15) is 0 Å². The molecule has 11 nitrogen and oxygen atoms in total. The number of rotatable bonds is 8. The number of carbonyl (C=O) groups is 1. The van der Waals surface area contributed by atoms with Crippen molar-refractivity contribution in [2.75, 3.05) is 26.5 Å². The van der Waals surface area contributed by atoms with Gasteiger partial charge in [-0.1, -0.05) is 29.8 Å². The fourth-order valence-electron chi connectivity index (χ4n) is 4.53. The Morgan fingerprint density at radius 1 is 1.02 bits per heavy atom. The van der Waals surface area contributed by atoms with Crippen LogP contribution in [-0.4, -0.2) is 51.5 Å². The molecular formula is C28H24ClF2N7O4S. The number of hydrogen-bond acceptors (Lipinski definition) is 8. The van der Waals surface area contributed by atoms with Crippen LogP contribution >= 0.6 is 22.9 Å². The summed E-state index contributed by atoms with van der Waals surface area (Å²) in [5, 5.41) is 10.5. The third-order valence-electron chi connectivity index (χ3n) is 6.37. The molecule has 0 unspecified atom stereocenters. The largest absolute Gasteiger partial charge is 0.343 e. The van der Waals surface area contributed by atoms with E-state index in [9.17, 15) is 23.2 Å². The number of benzene rings is 2. The molecule has 5 aromatic rings. The van der Waals surface area contributed by atoms with Crippen LogP contribution in [0.1, 0.15) is 11.1 Å². The zero-order valence-electron chi connectivity index (χ0n) is 23.0. The Labute approximate surface area is 251 Å². The molecule has 3 heterocycles. The summed E-state index contributed by atoms with van der Waals surface area (Å²) in [4.78, 5) is 47.2. The molecule has 222 valence electrons. The average molecular weight is 628 g/mol. The average Bonchev–Trinajstić information content (AvgIpc) is 3.32. The van der Waals surface area contributed by atoms with E-state index in [-0.39, 0.29) is 26.8 Å². The number of fused-ring (bicyclic) bond motifs is 1. The molecule has 5 rings (SSSR count). The lowest BCUT2D eigenvalue weighted by Gasteiger charge is -2.14. The second-order valence-corrected chi connectivity index (χ2v) is 11.0. The lowest BCUT2D eigenvalue weighted by Crippen LogP contribution is -2.39. The Morgan fingerprint density at radius 3 is 2.33 bits per heavy atom. The summed E-state index contributed by atoms with van der Waals surface area (Å²) in [6, 6.07) is 12.4. The third-order valence-corrected chi connectivity index (χ3v) is 7.88. The molecule has 43 heavy (non-hydrogen) atoms. The van der Waals surface area contributed by atoms with Crippen LogP contribution in [0.25, 0.3) is 26.5 Å². The quantitative estimate of drug-likeness (QED) is 0.245. The van der Waals surface area contributed by atoms with Gasteiger partial charge in [0.2, 0.25) is 0 Å². The van der Waals surface area contributed by atoms with Crippen LogP contribution in [0.4, 0.5) is 19.3 Å². The molecule has 0 bridgehead atoms. The van der Waals surface area contributed by atoms with Crippen LogP contribution in [0, 0.1) is 11.6 Å². The van der Waals surface area contributed by atoms with E-state index in [1.165, 1.54) is 25.3 Å². The predicted octanol–water partition coefficient (Wildman–Crippen LogP) is 4.40. The molecule has 2 amide bonds. The van der Waals surface area contributed by atoms with Gasteiger partial charge in [0.1, 0.15) is 16.5 Å². The van der Waals surface area contributed by atoms with Crippen molar-refractivity contribution in [2.24, 2.45) is 0 Å². The summed E-state index contributed by atoms with van der Waals surface area (Å²) in [6.07, 6.45) is 0. The highest BCUT2D eigenvalue weighted by Gasteiger charge is 2.25. The van der Waals surface area contributed by atoms with Gasteiger partial charge in [-0.25, -0.2) is 28.4 Å². The van der Waals surface area contributed by atoms with Gasteiger partial charge in [0.05, 0.1) is 19.0 Å². The van der Waals surface area contributed by atoms with Crippen LogP contribution in [0.2, 0.25) is 5.15 Å². The molecule has 0 fully saturated rings. The molecule has 0 atom stereocenters. The van der Waals surface area contributed by atoms with Gasteiger partial charge >= 0.3 is 11.7 Å². The highest BCUT2D eigenvalue weighted by atomic mass is 35.5. The summed E-state index contributed by atoms with van der Waals surface area (Å²) < 4.78 is 31.6. The minimum Gasteiger partial charge on any atom is -0.306 e. The number of nitrogens with zero attached hydrogens (tertiary/aromatic N) is 5. The number of hydrogen-bond donors (Lipinski definition) is 2. The molecule has 2 aromatic carbocycles. The lowest BCUT2D eigenvalue weighted by atomic mass is 10.1. The number of amides is 2. The van der Waals surface area contributed by atoms with E-state index >= 15 is 0 Å². The Morgan fingerprint density at radius 2 is 1.72 bits per heavy atom. The minimum atomic E-state index is -0.857. The summed E-state index contributed by atoms with van der Waals surface area (Å²) >= 11 is 7.03. The Balaban J connectivity index is 1.79. The first-order valence-corrected chi connectivity index (χ1v) is 13.9. The van der Waals surface area contributed by atoms with Gasteiger partial charge < -0.3 is 10.2 Å². The van der Waals surface area contributed by atoms with E-state index in [0.717, 1.165) is 32.6 Å². The van der Waals surface area contributed by atoms with Gasteiger partial charge in [0.15, 0.2) is 11.0 Å². The van der Waals surface area contributed by atoms with E-state index in [1.54, 1.807) is 24.3 Å². The van der Waals surface area contributed by atoms with Crippen molar-refractivity contribution in [3.63, 3.8) is 0 Å². The van der Waals surface area contributed by atoms with Crippen molar-refractivity contribution in [2.45, 2.75) is 13.1 Å². The molecule has 0 spiro atoms. The summed E-state index contributed by atoms with van der Waals surface area (Å²) in [6.45, 7) is -0.201. The molecule has 0 aliphatic heterocycles. The zero-order valence-corrected chi connectivity index (χ0v) is 24.6. The first-order chi connectivity index (χ1) is 20.6. The van der Waals surface area contributed by atoms with Gasteiger partial charge in [-0.05, 0) is 61.6 Å². The monoisotopic (exact) mass is 627 g/mol. The standard InChI is InChI=1S/C28H24ClF2N7O4S/c1-36(2)13-18-23-25(39)38(22-12-11-21(29)33-34-22)28(41)37(14-17-19(30)5-4-6-20(17)31)26(23)43-24(18)15-7-9-16(10-8-15)32-27(40)35-42-3/h4-12H,13-14H2,1-3H3,(H2,32,35,40). The lowest BCUT2D eigenvalue weighted by molar-refractivity contribution is 0.114. The number of aromatic nitrogens is 4. The topological polar surface area (TPSA) is 123 Å². The third kappa shape index (κ3) is 6.03. The number of thiophene rings is 1. The van der Waals surface area contributed by atoms with E-state index in [1.807, 2.05) is 19.0 Å².